The van der Waals surface area contributed by atoms with Gasteiger partial charge in [-0.05, 0) is 48.2 Å². The number of ether oxygens (including phenoxy) is 1. The van der Waals surface area contributed by atoms with Crippen LogP contribution in [0.3, 0.4) is 0 Å². The number of aliphatic imine (C=N–C) groups is 1. The summed E-state index contributed by atoms with van der Waals surface area (Å²) in [4.78, 5) is 8.93. The summed E-state index contributed by atoms with van der Waals surface area (Å²) in [5.41, 5.74) is 0. The van der Waals surface area contributed by atoms with Crippen molar-refractivity contribution in [1.82, 2.24) is 15.1 Å². The number of guanidine groups is 1. The van der Waals surface area contributed by atoms with Crippen LogP contribution in [0.1, 0.15) is 34.1 Å². The van der Waals surface area contributed by atoms with Gasteiger partial charge in [0.15, 0.2) is 15.8 Å². The largest absolute Gasteiger partial charge is 0.377 e. The Morgan fingerprint density at radius 1 is 1.35 bits per heavy atom. The third-order valence-corrected chi connectivity index (χ3v) is 6.96. The van der Waals surface area contributed by atoms with E-state index in [-0.39, 0.29) is 35.8 Å². The Balaban J connectivity index is 0.00000625. The second-order valence-corrected chi connectivity index (χ2v) is 10.1. The molecule has 0 amide bonds. The van der Waals surface area contributed by atoms with Crippen molar-refractivity contribution < 1.29 is 13.2 Å². The molecule has 1 fully saturated rings. The lowest BCUT2D eigenvalue weighted by Gasteiger charge is -2.39. The van der Waals surface area contributed by atoms with Crippen LogP contribution in [0.2, 0.25) is 0 Å². The first-order valence-electron chi connectivity index (χ1n) is 9.14. The van der Waals surface area contributed by atoms with Crippen LogP contribution in [0.4, 0.5) is 0 Å². The van der Waals surface area contributed by atoms with E-state index in [0.29, 0.717) is 26.2 Å². The molecule has 1 unspecified atom stereocenters. The van der Waals surface area contributed by atoms with Crippen LogP contribution in [0, 0.1) is 0 Å². The third kappa shape index (κ3) is 7.85. The van der Waals surface area contributed by atoms with Crippen molar-refractivity contribution in [2.75, 3.05) is 59.2 Å². The van der Waals surface area contributed by atoms with Gasteiger partial charge in [0.05, 0.1) is 23.1 Å². The van der Waals surface area contributed by atoms with E-state index in [1.165, 1.54) is 0 Å². The molecule has 26 heavy (non-hydrogen) atoms. The highest BCUT2D eigenvalue weighted by atomic mass is 127. The molecule has 1 rings (SSSR count). The number of rotatable bonds is 8. The maximum absolute atomic E-state index is 12.2. The van der Waals surface area contributed by atoms with E-state index in [9.17, 15) is 8.42 Å². The maximum Gasteiger partial charge on any atom is 0.194 e. The van der Waals surface area contributed by atoms with Gasteiger partial charge in [-0.15, -0.1) is 24.0 Å². The zero-order chi connectivity index (χ0) is 19.1. The summed E-state index contributed by atoms with van der Waals surface area (Å²) in [7, 11) is 1.04. The molecule has 9 heteroatoms. The van der Waals surface area contributed by atoms with Gasteiger partial charge in [0, 0.05) is 32.8 Å². The molecule has 0 aromatic rings. The molecule has 156 valence electrons. The first kappa shape index (κ1) is 25.9. The Kier molecular flexibility index (Phi) is 11.6. The molecular formula is C17H37IN4O3S. The van der Waals surface area contributed by atoms with Gasteiger partial charge in [-0.25, -0.2) is 8.42 Å². The lowest BCUT2D eigenvalue weighted by atomic mass is 10.2. The van der Waals surface area contributed by atoms with Crippen molar-refractivity contribution in [2.24, 2.45) is 4.99 Å². The lowest BCUT2D eigenvalue weighted by molar-refractivity contribution is 0.0580. The Labute approximate surface area is 176 Å². The van der Waals surface area contributed by atoms with Crippen molar-refractivity contribution in [3.8, 4) is 0 Å². The summed E-state index contributed by atoms with van der Waals surface area (Å²) in [5, 5.41) is 3.29. The van der Waals surface area contributed by atoms with Crippen LogP contribution in [0.5, 0.6) is 0 Å². The van der Waals surface area contributed by atoms with Crippen molar-refractivity contribution >= 4 is 39.8 Å². The van der Waals surface area contributed by atoms with E-state index in [4.69, 9.17) is 9.73 Å². The van der Waals surface area contributed by atoms with E-state index in [0.717, 1.165) is 25.5 Å². The summed E-state index contributed by atoms with van der Waals surface area (Å²) in [6.07, 6.45) is 0.992. The summed E-state index contributed by atoms with van der Waals surface area (Å²) in [6.45, 7) is 11.5. The number of hydrogen-bond acceptors (Lipinski definition) is 5. The molecule has 0 bridgehead atoms. The molecule has 0 saturated carbocycles. The van der Waals surface area contributed by atoms with E-state index in [2.05, 4.69) is 15.1 Å². The minimum Gasteiger partial charge on any atom is -0.377 e. The third-order valence-electron chi connectivity index (χ3n) is 4.42. The monoisotopic (exact) mass is 504 g/mol. The molecule has 1 aliphatic heterocycles. The van der Waals surface area contributed by atoms with Crippen LogP contribution in [-0.4, -0.2) is 94.2 Å². The first-order chi connectivity index (χ1) is 11.6. The minimum atomic E-state index is -3.06. The minimum absolute atomic E-state index is 0. The number of nitrogens with one attached hydrogen (secondary N) is 1. The molecule has 0 spiro atoms. The topological polar surface area (TPSA) is 74.2 Å². The number of halogens is 1. The fraction of sp³-hybridized carbons (Fsp3) is 0.941. The predicted molar refractivity (Wildman–Crippen MR) is 119 cm³/mol. The predicted octanol–water partition coefficient (Wildman–Crippen LogP) is 1.44. The molecule has 0 aromatic carbocycles. The average molecular weight is 504 g/mol. The van der Waals surface area contributed by atoms with Crippen LogP contribution >= 0.6 is 24.0 Å². The Hall–Kier alpha value is -0.130. The zero-order valence-corrected chi connectivity index (χ0v) is 20.3. The van der Waals surface area contributed by atoms with Crippen molar-refractivity contribution in [3.05, 3.63) is 0 Å². The molecule has 1 N–H and O–H groups in total. The molecule has 7 nitrogen and oxygen atoms in total. The maximum atomic E-state index is 12.2. The van der Waals surface area contributed by atoms with Gasteiger partial charge in [-0.3, -0.25) is 4.99 Å². The molecule has 1 aliphatic rings. The second kappa shape index (κ2) is 11.7. The molecule has 0 aromatic heterocycles. The average Bonchev–Trinajstić information content (AvgIpc) is 2.51. The molecule has 1 atom stereocenters. The van der Waals surface area contributed by atoms with E-state index >= 15 is 0 Å². The van der Waals surface area contributed by atoms with Crippen molar-refractivity contribution in [3.63, 3.8) is 0 Å². The van der Waals surface area contributed by atoms with Crippen LogP contribution in [-0.2, 0) is 14.6 Å². The van der Waals surface area contributed by atoms with Crippen molar-refractivity contribution in [1.29, 1.82) is 0 Å². The van der Waals surface area contributed by atoms with Gasteiger partial charge in [0.2, 0.25) is 0 Å². The Morgan fingerprint density at radius 2 is 2.00 bits per heavy atom. The van der Waals surface area contributed by atoms with Crippen LogP contribution in [0.15, 0.2) is 4.99 Å². The second-order valence-electron chi connectivity index (χ2n) is 7.36. The standard InChI is InChI=1S/C17H36N4O3S.HI/c1-7-18-16(19-13-15(24-8-2)9-10-20(5)6)21-11-12-25(22,23)17(3,4)14-21;/h15H,7-14H2,1-6H3,(H,18,19);1H. The summed E-state index contributed by atoms with van der Waals surface area (Å²) in [6, 6.07) is 0. The van der Waals surface area contributed by atoms with E-state index in [1.54, 1.807) is 13.8 Å². The van der Waals surface area contributed by atoms with Gasteiger partial charge in [-0.2, -0.15) is 0 Å². The highest BCUT2D eigenvalue weighted by Crippen LogP contribution is 2.23. The van der Waals surface area contributed by atoms with Crippen LogP contribution in [0.25, 0.3) is 0 Å². The molecule has 0 aliphatic carbocycles. The van der Waals surface area contributed by atoms with Gasteiger partial charge < -0.3 is 19.9 Å². The van der Waals surface area contributed by atoms with Gasteiger partial charge >= 0.3 is 0 Å². The van der Waals surface area contributed by atoms with Gasteiger partial charge in [0.25, 0.3) is 0 Å². The summed E-state index contributed by atoms with van der Waals surface area (Å²) in [5.74, 6) is 0.944. The lowest BCUT2D eigenvalue weighted by Crippen LogP contribution is -2.57. The van der Waals surface area contributed by atoms with Crippen LogP contribution < -0.4 is 5.32 Å². The Morgan fingerprint density at radius 3 is 2.50 bits per heavy atom. The molecule has 0 radical (unpaired) electrons. The normalized spacial score (nSPS) is 20.6. The van der Waals surface area contributed by atoms with E-state index < -0.39 is 14.6 Å². The fourth-order valence-corrected chi connectivity index (χ4v) is 4.17. The molecule has 1 heterocycles. The molecular weight excluding hydrogens is 467 g/mol. The fourth-order valence-electron chi connectivity index (χ4n) is 2.80. The molecule has 1 saturated heterocycles. The smallest absolute Gasteiger partial charge is 0.194 e. The van der Waals surface area contributed by atoms with E-state index in [1.807, 2.05) is 27.9 Å². The highest BCUT2D eigenvalue weighted by Gasteiger charge is 2.40. The summed E-state index contributed by atoms with van der Waals surface area (Å²) >= 11 is 0. The van der Waals surface area contributed by atoms with Crippen molar-refractivity contribution in [2.45, 2.75) is 45.0 Å². The quantitative estimate of drug-likeness (QED) is 0.307. The number of sulfone groups is 1. The first-order valence-corrected chi connectivity index (χ1v) is 10.8. The van der Waals surface area contributed by atoms with Gasteiger partial charge in [-0.1, -0.05) is 0 Å². The number of hydrogen-bond donors (Lipinski definition) is 1. The highest BCUT2D eigenvalue weighted by molar-refractivity contribution is 14.0. The van der Waals surface area contributed by atoms with Gasteiger partial charge in [0.1, 0.15) is 0 Å². The SMILES string of the molecule is CCNC(=NCC(CCN(C)C)OCC)N1CCS(=O)(=O)C(C)(C)C1.I. The number of nitrogens with zero attached hydrogens (tertiary/aromatic N) is 3. The Bertz CT molecular complexity index is 538. The summed E-state index contributed by atoms with van der Waals surface area (Å²) < 4.78 is 29.5. The zero-order valence-electron chi connectivity index (χ0n) is 17.1.